The van der Waals surface area contributed by atoms with E-state index in [0.717, 1.165) is 21.8 Å². The zero-order valence-electron chi connectivity index (χ0n) is 27.4. The van der Waals surface area contributed by atoms with Crippen LogP contribution in [0.3, 0.4) is 0 Å². The molecule has 1 aromatic carbocycles. The minimum Gasteiger partial charge on any atom is -0.451 e. The third-order valence-electron chi connectivity index (χ3n) is 8.98. The van der Waals surface area contributed by atoms with Gasteiger partial charge in [0.2, 0.25) is 17.6 Å². The van der Waals surface area contributed by atoms with E-state index >= 15 is 0 Å². The van der Waals surface area contributed by atoms with Crippen molar-refractivity contribution in [2.24, 2.45) is 23.0 Å². The Labute approximate surface area is 274 Å². The van der Waals surface area contributed by atoms with Crippen LogP contribution in [0.1, 0.15) is 81.6 Å². The van der Waals surface area contributed by atoms with E-state index in [-0.39, 0.29) is 30.0 Å². The first kappa shape index (κ1) is 35.7. The van der Waals surface area contributed by atoms with Crippen LogP contribution in [-0.4, -0.2) is 47.1 Å². The molecule has 1 saturated carbocycles. The van der Waals surface area contributed by atoms with Gasteiger partial charge in [-0.2, -0.15) is 0 Å². The number of hydrogen-bond donors (Lipinski definition) is 4. The average molecular weight is 644 g/mol. The Morgan fingerprint density at radius 1 is 1.11 bits per heavy atom. The molecule has 0 bridgehead atoms. The summed E-state index contributed by atoms with van der Waals surface area (Å²) in [4.78, 5) is 73.5. The van der Waals surface area contributed by atoms with E-state index in [0.29, 0.717) is 16.6 Å². The van der Waals surface area contributed by atoms with Crippen LogP contribution >= 0.6 is 0 Å². The van der Waals surface area contributed by atoms with Crippen LogP contribution in [0, 0.1) is 24.2 Å². The Bertz CT molecular complexity index is 1670. The van der Waals surface area contributed by atoms with Gasteiger partial charge < -0.3 is 30.7 Å². The zero-order valence-corrected chi connectivity index (χ0v) is 27.4. The summed E-state index contributed by atoms with van der Waals surface area (Å²) in [6, 6.07) is 8.46. The summed E-state index contributed by atoms with van der Waals surface area (Å²) in [5.74, 6) is -2.05. The molecule has 256 valence electrons. The monoisotopic (exact) mass is 643 g/mol. The number of aromatic nitrogens is 1. The molecule has 0 aliphatic heterocycles. The van der Waals surface area contributed by atoms with Crippen LogP contribution in [0.15, 0.2) is 51.8 Å². The lowest BCUT2D eigenvalue weighted by Gasteiger charge is -2.40. The molecule has 12 heteroatoms. The predicted molar refractivity (Wildman–Crippen MR) is 183 cm³/mol. The largest absolute Gasteiger partial charge is 0.451 e. The van der Waals surface area contributed by atoms with E-state index in [1.54, 1.807) is 31.2 Å². The number of furan rings is 1. The van der Waals surface area contributed by atoms with E-state index in [1.807, 2.05) is 0 Å². The summed E-state index contributed by atoms with van der Waals surface area (Å²) in [5, 5.41) is 7.85. The molecular formula is C34H53N5O7. The van der Waals surface area contributed by atoms with Crippen LogP contribution in [0.2, 0.25) is 0 Å². The number of aryl methyl sites for hydroxylation is 1. The third-order valence-corrected chi connectivity index (χ3v) is 8.98. The normalized spacial score (nSPS) is 17.6. The van der Waals surface area contributed by atoms with Crippen LogP contribution in [-0.2, 0) is 25.7 Å². The number of Topliss-reactive ketones (excluding diaryl/α,β-unsaturated/α-hetero) is 1. The quantitative estimate of drug-likeness (QED) is 0.231. The van der Waals surface area contributed by atoms with Crippen molar-refractivity contribution < 1.29 is 34.1 Å². The number of nitrogens with zero attached hydrogens (tertiary/aromatic N) is 1. The first-order valence-electron chi connectivity index (χ1n) is 15.5. The highest BCUT2D eigenvalue weighted by Crippen LogP contribution is 2.43. The first-order chi connectivity index (χ1) is 21.7. The van der Waals surface area contributed by atoms with Gasteiger partial charge >= 0.3 is 0 Å². The first-order valence-corrected chi connectivity index (χ1v) is 15.5. The number of fused-ring (bicyclic) bond motifs is 1. The van der Waals surface area contributed by atoms with Crippen LogP contribution in [0.5, 0.6) is 0 Å². The number of benzene rings is 1. The molecule has 0 unspecified atom stereocenters. The van der Waals surface area contributed by atoms with Gasteiger partial charge in [-0.05, 0) is 55.2 Å². The molecule has 3 atom stereocenters. The Kier molecular flexibility index (Phi) is 12.0. The van der Waals surface area contributed by atoms with Gasteiger partial charge in [0.05, 0.1) is 0 Å². The molecule has 1 fully saturated rings. The number of carbonyl (C=O) groups is 5. The number of amides is 4. The van der Waals surface area contributed by atoms with Crippen molar-refractivity contribution in [3.63, 3.8) is 0 Å². The number of likely N-dealkylation sites (N-methyl/N-ethyl adjacent to an activating group) is 1. The van der Waals surface area contributed by atoms with Crippen molar-refractivity contribution in [1.82, 2.24) is 15.2 Å². The number of nitrogens with one attached hydrogen (secondary N) is 3. The van der Waals surface area contributed by atoms with Crippen molar-refractivity contribution in [3.05, 3.63) is 64.3 Å². The number of para-hydroxylation sites is 1. The summed E-state index contributed by atoms with van der Waals surface area (Å²) < 4.78 is 6.65. The maximum absolute atomic E-state index is 13.1. The number of carbonyl (C=O) groups excluding carboxylic acids is 5. The average Bonchev–Trinajstić information content (AvgIpc) is 3.35. The fraction of sp³-hybridized carbons (Fsp3) is 0.471. The summed E-state index contributed by atoms with van der Waals surface area (Å²) >= 11 is 0. The fourth-order valence-electron chi connectivity index (χ4n) is 5.68. The van der Waals surface area contributed by atoms with Gasteiger partial charge in [-0.3, -0.25) is 28.8 Å². The lowest BCUT2D eigenvalue weighted by Crippen LogP contribution is -2.45. The zero-order chi connectivity index (χ0) is 34.2. The molecule has 0 saturated heterocycles. The standard InChI is InChI=1S/C24H25N5O7.C10H20.4H2/c1-13-14-6-3-4-8-18(14)36-20(13)23(34)27-15(9-10-17(30)22(33)26-2)21(32)28-16-7-5-11-29(24(16)35)12-19(25)31;1-8-6-5-7-10(3,4)9(8)2;;;;/h3-8,11,15H,9-10,12H2,1-2H3,(H2,25,31)(H,26,33)(H,27,34)(H,28,32);8-9H,5-7H2,1-4H3;4*1H/t15-;8-,9+;;;;/m00..../s1. The number of anilines is 1. The van der Waals surface area contributed by atoms with Gasteiger partial charge in [0.25, 0.3) is 17.4 Å². The molecule has 3 aromatic rings. The highest BCUT2D eigenvalue weighted by molar-refractivity contribution is 6.36. The Hall–Kier alpha value is -4.74. The molecule has 2 aromatic heterocycles. The molecule has 0 spiro atoms. The Morgan fingerprint density at radius 3 is 2.41 bits per heavy atom. The molecule has 4 amide bonds. The lowest BCUT2D eigenvalue weighted by atomic mass is 9.65. The van der Waals surface area contributed by atoms with Gasteiger partial charge in [0.15, 0.2) is 5.76 Å². The van der Waals surface area contributed by atoms with Gasteiger partial charge in [-0.1, -0.05) is 58.7 Å². The van der Waals surface area contributed by atoms with Crippen LogP contribution < -0.4 is 27.2 Å². The second kappa shape index (κ2) is 15.5. The second-order valence-corrected chi connectivity index (χ2v) is 12.6. The minimum absolute atomic E-state index is 0. The van der Waals surface area contributed by atoms with Crippen LogP contribution in [0.25, 0.3) is 11.0 Å². The highest BCUT2D eigenvalue weighted by Gasteiger charge is 2.33. The summed E-state index contributed by atoms with van der Waals surface area (Å²) in [6.45, 7) is 10.9. The van der Waals surface area contributed by atoms with Crippen molar-refractivity contribution in [2.45, 2.75) is 79.3 Å². The Balaban J connectivity index is 0. The second-order valence-electron chi connectivity index (χ2n) is 12.6. The number of pyridine rings is 1. The number of nitrogens with two attached hydrogens (primary N) is 1. The molecule has 1 aliphatic rings. The molecule has 4 rings (SSSR count). The molecule has 0 radical (unpaired) electrons. The smallest absolute Gasteiger partial charge is 0.287 e. The van der Waals surface area contributed by atoms with Crippen molar-refractivity contribution in [3.8, 4) is 0 Å². The topological polar surface area (TPSA) is 183 Å². The number of primary amides is 1. The van der Waals surface area contributed by atoms with Gasteiger partial charge in [-0.25, -0.2) is 0 Å². The van der Waals surface area contributed by atoms with E-state index in [9.17, 15) is 28.8 Å². The van der Waals surface area contributed by atoms with E-state index in [1.165, 1.54) is 44.6 Å². The van der Waals surface area contributed by atoms with Gasteiger partial charge in [0, 0.05) is 36.3 Å². The van der Waals surface area contributed by atoms with Crippen LogP contribution in [0.4, 0.5) is 5.69 Å². The van der Waals surface area contributed by atoms with Crippen molar-refractivity contribution >= 4 is 46.1 Å². The summed E-state index contributed by atoms with van der Waals surface area (Å²) in [7, 11) is 1.29. The third kappa shape index (κ3) is 8.92. The number of rotatable bonds is 10. The number of hydrogen-bond acceptors (Lipinski definition) is 7. The SMILES string of the molecule is CNC(=O)C(=O)CC[C@H](NC(=O)c1oc2ccccc2c1C)C(=O)Nc1cccn(CC(N)=O)c1=O.C[C@@H]1[C@@H](C)CCCC1(C)C.[HH].[HH].[HH].[HH]. The highest BCUT2D eigenvalue weighted by atomic mass is 16.3. The predicted octanol–water partition coefficient (Wildman–Crippen LogP) is 4.67. The fourth-order valence-corrected chi connectivity index (χ4v) is 5.68. The molecule has 46 heavy (non-hydrogen) atoms. The Morgan fingerprint density at radius 2 is 1.80 bits per heavy atom. The van der Waals surface area contributed by atoms with E-state index in [2.05, 4.69) is 43.6 Å². The van der Waals surface area contributed by atoms with E-state index < -0.39 is 47.6 Å². The molecule has 5 N–H and O–H groups in total. The molecular weight excluding hydrogens is 590 g/mol. The van der Waals surface area contributed by atoms with Gasteiger partial charge in [-0.15, -0.1) is 0 Å². The maximum atomic E-state index is 13.1. The maximum Gasteiger partial charge on any atom is 0.287 e. The summed E-state index contributed by atoms with van der Waals surface area (Å²) in [5.41, 5.74) is 5.93. The summed E-state index contributed by atoms with van der Waals surface area (Å²) in [6.07, 6.45) is 5.07. The molecule has 1 aliphatic carbocycles. The minimum atomic E-state index is -1.30. The lowest BCUT2D eigenvalue weighted by molar-refractivity contribution is -0.137. The van der Waals surface area contributed by atoms with Crippen molar-refractivity contribution in [2.75, 3.05) is 12.4 Å². The van der Waals surface area contributed by atoms with Crippen molar-refractivity contribution in [1.29, 1.82) is 0 Å². The molecule has 2 heterocycles. The molecule has 12 nitrogen and oxygen atoms in total. The van der Waals surface area contributed by atoms with Gasteiger partial charge in [0.1, 0.15) is 23.9 Å². The number of ketones is 1. The van der Waals surface area contributed by atoms with E-state index in [4.69, 9.17) is 10.2 Å².